The quantitative estimate of drug-likeness (QED) is 0.806. The summed E-state index contributed by atoms with van der Waals surface area (Å²) in [5, 5.41) is 1.04. The second-order valence-corrected chi connectivity index (χ2v) is 6.32. The summed E-state index contributed by atoms with van der Waals surface area (Å²) in [4.78, 5) is 19.7. The van der Waals surface area contributed by atoms with E-state index in [2.05, 4.69) is 9.88 Å². The van der Waals surface area contributed by atoms with Gasteiger partial charge in [-0.25, -0.2) is 0 Å². The Morgan fingerprint density at radius 3 is 2.52 bits per heavy atom. The van der Waals surface area contributed by atoms with Crippen LogP contribution >= 0.6 is 0 Å². The number of pyridine rings is 1. The number of carbonyl (C=O) groups excluding carboxylic acids is 1. The number of carbonyl (C=O) groups is 1. The van der Waals surface area contributed by atoms with Gasteiger partial charge in [-0.2, -0.15) is 0 Å². The van der Waals surface area contributed by atoms with Gasteiger partial charge < -0.3 is 0 Å². The number of likely N-dealkylation sites (N-methyl/N-ethyl adjacent to an activating group) is 1. The van der Waals surface area contributed by atoms with Gasteiger partial charge in [-0.15, -0.1) is 0 Å². The molecular weight excluding hydrogens is 260 g/mol. The van der Waals surface area contributed by atoms with Gasteiger partial charge in [0.05, 0.1) is 11.1 Å². The number of nitrogens with zero attached hydrogens (tertiary/aromatic N) is 2. The van der Waals surface area contributed by atoms with E-state index in [0.29, 0.717) is 0 Å². The monoisotopic (exact) mass is 282 g/mol. The number of fused-ring (bicyclic) bond motifs is 1. The summed E-state index contributed by atoms with van der Waals surface area (Å²) in [6, 6.07) is 9.93. The van der Waals surface area contributed by atoms with Crippen LogP contribution in [0.3, 0.4) is 0 Å². The Bertz CT molecular complexity index is 685. The van der Waals surface area contributed by atoms with Crippen molar-refractivity contribution in [3.63, 3.8) is 0 Å². The smallest absolute Gasteiger partial charge is 0.183 e. The minimum Gasteiger partial charge on any atom is -0.297 e. The van der Waals surface area contributed by atoms with Gasteiger partial charge in [0.15, 0.2) is 5.78 Å². The highest BCUT2D eigenvalue weighted by Gasteiger charge is 2.43. The van der Waals surface area contributed by atoms with Gasteiger partial charge in [0, 0.05) is 16.6 Å². The number of Topliss-reactive ketones (excluding diaryl/α,β-unsaturated/α-hetero) is 1. The van der Waals surface area contributed by atoms with Crippen LogP contribution in [0.15, 0.2) is 30.3 Å². The van der Waals surface area contributed by atoms with E-state index in [1.54, 1.807) is 0 Å². The first-order valence-corrected chi connectivity index (χ1v) is 7.63. The predicted molar refractivity (Wildman–Crippen MR) is 85.7 cm³/mol. The summed E-state index contributed by atoms with van der Waals surface area (Å²) in [6.07, 6.45) is 4.20. The highest BCUT2D eigenvalue weighted by atomic mass is 16.1. The molecule has 21 heavy (non-hydrogen) atoms. The minimum atomic E-state index is -0.314. The second-order valence-electron chi connectivity index (χ2n) is 6.32. The molecule has 1 aromatic heterocycles. The van der Waals surface area contributed by atoms with Crippen molar-refractivity contribution in [3.8, 4) is 0 Å². The number of hydrogen-bond donors (Lipinski definition) is 0. The van der Waals surface area contributed by atoms with E-state index in [1.165, 1.54) is 0 Å². The molecule has 0 saturated heterocycles. The van der Waals surface area contributed by atoms with E-state index in [0.717, 1.165) is 47.8 Å². The van der Waals surface area contributed by atoms with Crippen LogP contribution in [0.4, 0.5) is 0 Å². The molecule has 1 fully saturated rings. The molecule has 1 aliphatic rings. The van der Waals surface area contributed by atoms with Gasteiger partial charge in [0.2, 0.25) is 0 Å². The lowest BCUT2D eigenvalue weighted by Gasteiger charge is -2.34. The van der Waals surface area contributed by atoms with Crippen LogP contribution in [0.2, 0.25) is 0 Å². The fraction of sp³-hybridized carbons (Fsp3) is 0.444. The molecule has 0 aliphatic heterocycles. The van der Waals surface area contributed by atoms with Gasteiger partial charge in [0.25, 0.3) is 0 Å². The highest BCUT2D eigenvalue weighted by molar-refractivity contribution is 6.05. The first-order chi connectivity index (χ1) is 10.0. The second kappa shape index (κ2) is 5.23. The molecule has 1 aliphatic carbocycles. The van der Waals surface area contributed by atoms with Crippen LogP contribution in [0.1, 0.15) is 41.7 Å². The molecule has 0 radical (unpaired) electrons. The zero-order chi connectivity index (χ0) is 15.0. The zero-order valence-corrected chi connectivity index (χ0v) is 13.0. The Labute approximate surface area is 126 Å². The van der Waals surface area contributed by atoms with Crippen molar-refractivity contribution in [2.75, 3.05) is 14.1 Å². The maximum absolute atomic E-state index is 13.1. The lowest BCUT2D eigenvalue weighted by molar-refractivity contribution is 0.0693. The van der Waals surface area contributed by atoms with Crippen LogP contribution in [-0.4, -0.2) is 35.3 Å². The van der Waals surface area contributed by atoms with Crippen molar-refractivity contribution in [3.05, 3.63) is 41.6 Å². The molecule has 2 aromatic rings. The standard InChI is InChI=1S/C18H22N2O/c1-13-6-7-14-12-15(8-9-16(14)19-13)17(21)18(20(2)3)10-4-5-11-18/h6-9,12H,4-5,10-11H2,1-3H3. The fourth-order valence-corrected chi connectivity index (χ4v) is 3.47. The molecule has 0 amide bonds. The van der Waals surface area contributed by atoms with Crippen LogP contribution in [0.5, 0.6) is 0 Å². The number of aromatic nitrogens is 1. The molecule has 0 bridgehead atoms. The SMILES string of the molecule is Cc1ccc2cc(C(=O)C3(N(C)C)CCCC3)ccc2n1. The average Bonchev–Trinajstić information content (AvgIpc) is 2.96. The minimum absolute atomic E-state index is 0.257. The third kappa shape index (κ3) is 2.36. The Balaban J connectivity index is 2.03. The molecule has 0 N–H and O–H groups in total. The maximum Gasteiger partial charge on any atom is 0.183 e. The summed E-state index contributed by atoms with van der Waals surface area (Å²) in [5.41, 5.74) is 2.45. The van der Waals surface area contributed by atoms with Crippen molar-refractivity contribution < 1.29 is 4.79 Å². The predicted octanol–water partition coefficient (Wildman–Crippen LogP) is 3.60. The number of benzene rings is 1. The first-order valence-electron chi connectivity index (χ1n) is 7.63. The lowest BCUT2D eigenvalue weighted by atomic mass is 9.86. The average molecular weight is 282 g/mol. The van der Waals surface area contributed by atoms with Gasteiger partial charge in [-0.05, 0) is 58.1 Å². The molecule has 0 atom stereocenters. The van der Waals surface area contributed by atoms with E-state index >= 15 is 0 Å². The molecule has 3 rings (SSSR count). The summed E-state index contributed by atoms with van der Waals surface area (Å²) in [7, 11) is 4.05. The van der Waals surface area contributed by atoms with Gasteiger partial charge in [-0.3, -0.25) is 14.7 Å². The van der Waals surface area contributed by atoms with Crippen molar-refractivity contribution in [1.82, 2.24) is 9.88 Å². The Hall–Kier alpha value is -1.74. The Kier molecular flexibility index (Phi) is 3.54. The van der Waals surface area contributed by atoms with Crippen LogP contribution in [-0.2, 0) is 0 Å². The molecule has 3 nitrogen and oxygen atoms in total. The van der Waals surface area contributed by atoms with Crippen LogP contribution in [0, 0.1) is 6.92 Å². The summed E-state index contributed by atoms with van der Waals surface area (Å²) in [6.45, 7) is 1.98. The third-order valence-electron chi connectivity index (χ3n) is 4.80. The first kappa shape index (κ1) is 14.2. The van der Waals surface area contributed by atoms with Crippen LogP contribution < -0.4 is 0 Å². The maximum atomic E-state index is 13.1. The number of hydrogen-bond acceptors (Lipinski definition) is 3. The summed E-state index contributed by atoms with van der Waals surface area (Å²) in [5.74, 6) is 0.257. The fourth-order valence-electron chi connectivity index (χ4n) is 3.47. The van der Waals surface area contributed by atoms with E-state index in [4.69, 9.17) is 0 Å². The molecular formula is C18H22N2O. The molecule has 110 valence electrons. The van der Waals surface area contributed by atoms with Gasteiger partial charge >= 0.3 is 0 Å². The Morgan fingerprint density at radius 1 is 1.14 bits per heavy atom. The normalized spacial score (nSPS) is 17.5. The van der Waals surface area contributed by atoms with E-state index in [-0.39, 0.29) is 11.3 Å². The third-order valence-corrected chi connectivity index (χ3v) is 4.80. The van der Waals surface area contributed by atoms with Gasteiger partial charge in [0.1, 0.15) is 0 Å². The lowest BCUT2D eigenvalue weighted by Crippen LogP contribution is -2.48. The topological polar surface area (TPSA) is 33.2 Å². The summed E-state index contributed by atoms with van der Waals surface area (Å²) < 4.78 is 0. The summed E-state index contributed by atoms with van der Waals surface area (Å²) >= 11 is 0. The van der Waals surface area contributed by atoms with E-state index < -0.39 is 0 Å². The highest BCUT2D eigenvalue weighted by Crippen LogP contribution is 2.37. The van der Waals surface area contributed by atoms with Gasteiger partial charge in [-0.1, -0.05) is 18.9 Å². The van der Waals surface area contributed by atoms with Crippen LogP contribution in [0.25, 0.3) is 10.9 Å². The van der Waals surface area contributed by atoms with Crippen molar-refractivity contribution in [1.29, 1.82) is 0 Å². The number of rotatable bonds is 3. The number of ketones is 1. The Morgan fingerprint density at radius 2 is 1.86 bits per heavy atom. The zero-order valence-electron chi connectivity index (χ0n) is 13.0. The molecule has 0 spiro atoms. The molecule has 3 heteroatoms. The van der Waals surface area contributed by atoms with Crippen molar-refractivity contribution in [2.45, 2.75) is 38.1 Å². The van der Waals surface area contributed by atoms with Crippen molar-refractivity contribution in [2.24, 2.45) is 0 Å². The van der Waals surface area contributed by atoms with Crippen molar-refractivity contribution >= 4 is 16.7 Å². The largest absolute Gasteiger partial charge is 0.297 e. The van der Waals surface area contributed by atoms with E-state index in [1.807, 2.05) is 51.4 Å². The molecule has 1 aromatic carbocycles. The van der Waals surface area contributed by atoms with E-state index in [9.17, 15) is 4.79 Å². The molecule has 1 heterocycles. The molecule has 0 unspecified atom stereocenters. The molecule has 1 saturated carbocycles. The number of aryl methyl sites for hydroxylation is 1.